The lowest BCUT2D eigenvalue weighted by atomic mass is 9.90. The first-order chi connectivity index (χ1) is 9.96. The molecule has 2 heterocycles. The van der Waals surface area contributed by atoms with Crippen molar-refractivity contribution < 1.29 is 9.90 Å². The van der Waals surface area contributed by atoms with Gasteiger partial charge in [-0.3, -0.25) is 14.4 Å². The third-order valence-corrected chi connectivity index (χ3v) is 5.51. The standard InChI is InChI=1S/C15H24BrN3O2/c1-4-7-15(14(20)21)8-6-9-18(15)10-12-13(16)11(3)17-19(12)5-2/h4-10H2,1-3H3,(H,20,21). The maximum atomic E-state index is 11.9. The lowest BCUT2D eigenvalue weighted by Crippen LogP contribution is -2.50. The average molecular weight is 358 g/mol. The lowest BCUT2D eigenvalue weighted by molar-refractivity contribution is -0.150. The minimum atomic E-state index is -0.703. The average Bonchev–Trinajstić information content (AvgIpc) is 2.96. The first-order valence-corrected chi connectivity index (χ1v) is 8.45. The molecule has 1 aromatic heterocycles. The van der Waals surface area contributed by atoms with E-state index in [0.717, 1.165) is 48.2 Å². The van der Waals surface area contributed by atoms with Crippen LogP contribution < -0.4 is 0 Å². The Morgan fingerprint density at radius 3 is 2.76 bits per heavy atom. The molecule has 0 aromatic carbocycles. The number of nitrogens with zero attached hydrogens (tertiary/aromatic N) is 3. The Bertz CT molecular complexity index is 529. The molecule has 0 radical (unpaired) electrons. The van der Waals surface area contributed by atoms with Gasteiger partial charge in [0.15, 0.2) is 0 Å². The van der Waals surface area contributed by atoms with Crippen molar-refractivity contribution in [2.24, 2.45) is 0 Å². The molecule has 1 unspecified atom stereocenters. The lowest BCUT2D eigenvalue weighted by Gasteiger charge is -2.34. The number of carboxylic acid groups (broad SMARTS) is 1. The maximum Gasteiger partial charge on any atom is 0.324 e. The van der Waals surface area contributed by atoms with Crippen molar-refractivity contribution in [3.05, 3.63) is 15.9 Å². The van der Waals surface area contributed by atoms with E-state index in [0.29, 0.717) is 13.0 Å². The van der Waals surface area contributed by atoms with Crippen LogP contribution in [-0.2, 0) is 17.9 Å². The molecule has 0 bridgehead atoms. The minimum Gasteiger partial charge on any atom is -0.480 e. The third-order valence-electron chi connectivity index (χ3n) is 4.48. The Morgan fingerprint density at radius 2 is 2.19 bits per heavy atom. The Labute approximate surface area is 134 Å². The van der Waals surface area contributed by atoms with E-state index < -0.39 is 11.5 Å². The number of aryl methyl sites for hydroxylation is 2. The largest absolute Gasteiger partial charge is 0.480 e. The number of aliphatic carboxylic acids is 1. The SMILES string of the molecule is CCCC1(C(=O)O)CCCN1Cc1c(Br)c(C)nn1CC. The van der Waals surface area contributed by atoms with Crippen LogP contribution in [0.3, 0.4) is 0 Å². The monoisotopic (exact) mass is 357 g/mol. The molecule has 1 N–H and O–H groups in total. The van der Waals surface area contributed by atoms with Crippen LogP contribution >= 0.6 is 15.9 Å². The van der Waals surface area contributed by atoms with Crippen molar-refractivity contribution in [2.75, 3.05) is 6.54 Å². The predicted octanol–water partition coefficient (Wildman–Crippen LogP) is 3.19. The zero-order valence-corrected chi connectivity index (χ0v) is 14.6. The number of hydrogen-bond acceptors (Lipinski definition) is 3. The zero-order valence-electron chi connectivity index (χ0n) is 13.0. The predicted molar refractivity (Wildman–Crippen MR) is 85.3 cm³/mol. The quantitative estimate of drug-likeness (QED) is 0.849. The van der Waals surface area contributed by atoms with Crippen LogP contribution in [0.5, 0.6) is 0 Å². The van der Waals surface area contributed by atoms with Crippen LogP contribution in [0, 0.1) is 6.92 Å². The molecule has 21 heavy (non-hydrogen) atoms. The summed E-state index contributed by atoms with van der Waals surface area (Å²) in [5, 5.41) is 14.3. The maximum absolute atomic E-state index is 11.9. The van der Waals surface area contributed by atoms with Crippen LogP contribution in [0.15, 0.2) is 4.47 Å². The molecule has 1 atom stereocenters. The summed E-state index contributed by atoms with van der Waals surface area (Å²) in [4.78, 5) is 14.0. The van der Waals surface area contributed by atoms with E-state index in [1.165, 1.54) is 0 Å². The van der Waals surface area contributed by atoms with Crippen LogP contribution in [0.2, 0.25) is 0 Å². The summed E-state index contributed by atoms with van der Waals surface area (Å²) in [5.41, 5.74) is 1.34. The van der Waals surface area contributed by atoms with Crippen molar-refractivity contribution >= 4 is 21.9 Å². The molecule has 6 heteroatoms. The van der Waals surface area contributed by atoms with Crippen molar-refractivity contribution in [1.82, 2.24) is 14.7 Å². The molecular formula is C15H24BrN3O2. The molecule has 2 rings (SSSR count). The summed E-state index contributed by atoms with van der Waals surface area (Å²) in [6.45, 7) is 8.36. The van der Waals surface area contributed by atoms with E-state index in [4.69, 9.17) is 0 Å². The second-order valence-electron chi connectivity index (χ2n) is 5.77. The Balaban J connectivity index is 2.31. The molecule has 1 aliphatic heterocycles. The summed E-state index contributed by atoms with van der Waals surface area (Å²) in [7, 11) is 0. The van der Waals surface area contributed by atoms with Gasteiger partial charge in [0, 0.05) is 13.1 Å². The number of aromatic nitrogens is 2. The minimum absolute atomic E-state index is 0.640. The molecule has 118 valence electrons. The first-order valence-electron chi connectivity index (χ1n) is 7.66. The Hall–Kier alpha value is -0.880. The topological polar surface area (TPSA) is 58.4 Å². The first kappa shape index (κ1) is 16.5. The number of carbonyl (C=O) groups is 1. The Kier molecular flexibility index (Phi) is 5.09. The van der Waals surface area contributed by atoms with Crippen molar-refractivity contribution in [3.8, 4) is 0 Å². The highest BCUT2D eigenvalue weighted by atomic mass is 79.9. The van der Waals surface area contributed by atoms with Gasteiger partial charge < -0.3 is 5.11 Å². The fourth-order valence-electron chi connectivity index (χ4n) is 3.41. The van der Waals surface area contributed by atoms with Crippen LogP contribution in [-0.4, -0.2) is 37.8 Å². The number of likely N-dealkylation sites (tertiary alicyclic amines) is 1. The van der Waals surface area contributed by atoms with Gasteiger partial charge >= 0.3 is 5.97 Å². The van der Waals surface area contributed by atoms with E-state index in [2.05, 4.69) is 39.8 Å². The van der Waals surface area contributed by atoms with Gasteiger partial charge in [0.1, 0.15) is 5.54 Å². The number of rotatable bonds is 6. The summed E-state index contributed by atoms with van der Waals surface area (Å²) >= 11 is 3.61. The summed E-state index contributed by atoms with van der Waals surface area (Å²) < 4.78 is 2.98. The molecule has 5 nitrogen and oxygen atoms in total. The van der Waals surface area contributed by atoms with Crippen LogP contribution in [0.25, 0.3) is 0 Å². The summed E-state index contributed by atoms with van der Waals surface area (Å²) in [6.07, 6.45) is 3.28. The van der Waals surface area contributed by atoms with Gasteiger partial charge in [0.05, 0.1) is 15.9 Å². The molecule has 1 aromatic rings. The van der Waals surface area contributed by atoms with Gasteiger partial charge in [-0.25, -0.2) is 0 Å². The molecule has 1 fully saturated rings. The number of carboxylic acids is 1. The number of hydrogen-bond donors (Lipinski definition) is 1. The molecule has 0 spiro atoms. The van der Waals surface area contributed by atoms with Crippen molar-refractivity contribution in [3.63, 3.8) is 0 Å². The third kappa shape index (κ3) is 2.88. The van der Waals surface area contributed by atoms with Gasteiger partial charge in [0.2, 0.25) is 0 Å². The van der Waals surface area contributed by atoms with Gasteiger partial charge in [-0.1, -0.05) is 13.3 Å². The van der Waals surface area contributed by atoms with Crippen LogP contribution in [0.1, 0.15) is 50.9 Å². The normalized spacial score (nSPS) is 22.9. The fourth-order valence-corrected chi connectivity index (χ4v) is 3.82. The molecule has 0 amide bonds. The second-order valence-corrected chi connectivity index (χ2v) is 6.57. The van der Waals surface area contributed by atoms with Gasteiger partial charge in [-0.15, -0.1) is 0 Å². The molecule has 1 saturated heterocycles. The molecule has 0 saturated carbocycles. The van der Waals surface area contributed by atoms with E-state index in [-0.39, 0.29) is 0 Å². The smallest absolute Gasteiger partial charge is 0.324 e. The van der Waals surface area contributed by atoms with Crippen LogP contribution in [0.4, 0.5) is 0 Å². The molecule has 0 aliphatic carbocycles. The zero-order chi connectivity index (χ0) is 15.6. The summed E-state index contributed by atoms with van der Waals surface area (Å²) in [5.74, 6) is -0.683. The highest BCUT2D eigenvalue weighted by Gasteiger charge is 2.47. The fraction of sp³-hybridized carbons (Fsp3) is 0.733. The summed E-state index contributed by atoms with van der Waals surface area (Å²) in [6, 6.07) is 0. The highest BCUT2D eigenvalue weighted by molar-refractivity contribution is 9.10. The van der Waals surface area contributed by atoms with E-state index in [1.807, 2.05) is 11.6 Å². The van der Waals surface area contributed by atoms with E-state index >= 15 is 0 Å². The Morgan fingerprint density at radius 1 is 1.48 bits per heavy atom. The van der Waals surface area contributed by atoms with Crippen molar-refractivity contribution in [1.29, 1.82) is 0 Å². The number of halogens is 1. The van der Waals surface area contributed by atoms with E-state index in [1.54, 1.807) is 0 Å². The van der Waals surface area contributed by atoms with Gasteiger partial charge in [-0.05, 0) is 55.6 Å². The van der Waals surface area contributed by atoms with Gasteiger partial charge in [0.25, 0.3) is 0 Å². The van der Waals surface area contributed by atoms with Crippen molar-refractivity contribution in [2.45, 2.75) is 65.1 Å². The molecule has 1 aliphatic rings. The van der Waals surface area contributed by atoms with E-state index in [9.17, 15) is 9.90 Å². The van der Waals surface area contributed by atoms with Gasteiger partial charge in [-0.2, -0.15) is 5.10 Å². The highest BCUT2D eigenvalue weighted by Crippen LogP contribution is 2.36. The molecular weight excluding hydrogens is 334 g/mol. The second kappa shape index (κ2) is 6.48.